The maximum atomic E-state index is 12.5. The molecule has 0 radical (unpaired) electrons. The first-order valence-corrected chi connectivity index (χ1v) is 9.64. The normalized spacial score (nSPS) is 13.6. The van der Waals surface area contributed by atoms with Crippen molar-refractivity contribution in [1.82, 2.24) is 4.90 Å². The molecule has 1 heterocycles. The number of carbonyl (C=O) groups excluding carboxylic acids is 3. The summed E-state index contributed by atoms with van der Waals surface area (Å²) in [6, 6.07) is 7.64. The molecule has 0 spiro atoms. The lowest BCUT2D eigenvalue weighted by atomic mass is 10.1. The van der Waals surface area contributed by atoms with E-state index in [-0.39, 0.29) is 38.8 Å². The number of carbonyl (C=O) groups is 3. The number of hydrogen-bond acceptors (Lipinski definition) is 6. The minimum absolute atomic E-state index is 0.0329. The summed E-state index contributed by atoms with van der Waals surface area (Å²) in [5.41, 5.74) is 0.336. The molecule has 27 heavy (non-hydrogen) atoms. The molecule has 140 valence electrons. The zero-order chi connectivity index (χ0) is 19.9. The van der Waals surface area contributed by atoms with Gasteiger partial charge in [-0.05, 0) is 36.4 Å². The number of nitrogens with zero attached hydrogens (tertiary/aromatic N) is 1. The third-order valence-corrected chi connectivity index (χ3v) is 6.04. The molecular weight excluding hydrogens is 372 g/mol. The third-order valence-electron chi connectivity index (χ3n) is 4.31. The Bertz CT molecular complexity index is 1090. The standard InChI is InChI=1S/C18H16N2O6S/c1-3-27(25,26)11-5-7-15(21)14(9-11)19-16(22)10-4-6-12-13(8-10)18(24)20(2)17(12)23/h4-9,21H,3H2,1-2H3,(H,19,22). The lowest BCUT2D eigenvalue weighted by molar-refractivity contribution is 0.0693. The summed E-state index contributed by atoms with van der Waals surface area (Å²) < 4.78 is 24.0. The van der Waals surface area contributed by atoms with Crippen LogP contribution >= 0.6 is 0 Å². The minimum Gasteiger partial charge on any atom is -0.506 e. The van der Waals surface area contributed by atoms with Gasteiger partial charge >= 0.3 is 0 Å². The van der Waals surface area contributed by atoms with E-state index in [1.165, 1.54) is 50.4 Å². The topological polar surface area (TPSA) is 121 Å². The Hall–Kier alpha value is -3.20. The molecule has 0 saturated heterocycles. The third kappa shape index (κ3) is 3.17. The summed E-state index contributed by atoms with van der Waals surface area (Å²) in [5.74, 6) is -2.04. The Morgan fingerprint density at radius 1 is 1.07 bits per heavy atom. The van der Waals surface area contributed by atoms with Crippen molar-refractivity contribution in [2.45, 2.75) is 11.8 Å². The van der Waals surface area contributed by atoms with Gasteiger partial charge < -0.3 is 10.4 Å². The molecule has 1 aliphatic rings. The Balaban J connectivity index is 1.93. The van der Waals surface area contributed by atoms with Gasteiger partial charge in [0.15, 0.2) is 9.84 Å². The molecule has 2 N–H and O–H groups in total. The van der Waals surface area contributed by atoms with Crippen LogP contribution in [0, 0.1) is 0 Å². The van der Waals surface area contributed by atoms with Crippen molar-refractivity contribution in [2.24, 2.45) is 0 Å². The van der Waals surface area contributed by atoms with Gasteiger partial charge in [-0.3, -0.25) is 19.3 Å². The van der Waals surface area contributed by atoms with Crippen molar-refractivity contribution in [3.63, 3.8) is 0 Å². The molecule has 2 aromatic carbocycles. The second-order valence-electron chi connectivity index (χ2n) is 5.97. The molecule has 9 heteroatoms. The molecule has 3 rings (SSSR count). The summed E-state index contributed by atoms with van der Waals surface area (Å²) in [5, 5.41) is 12.3. The second kappa shape index (κ2) is 6.51. The van der Waals surface area contributed by atoms with Gasteiger partial charge in [-0.1, -0.05) is 6.92 Å². The van der Waals surface area contributed by atoms with Gasteiger partial charge in [-0.15, -0.1) is 0 Å². The number of phenolic OH excluding ortho intramolecular Hbond substituents is 1. The van der Waals surface area contributed by atoms with Crippen LogP contribution in [0.15, 0.2) is 41.3 Å². The Morgan fingerprint density at radius 3 is 2.41 bits per heavy atom. The second-order valence-corrected chi connectivity index (χ2v) is 8.24. The summed E-state index contributed by atoms with van der Waals surface area (Å²) in [6.07, 6.45) is 0. The van der Waals surface area contributed by atoms with E-state index in [4.69, 9.17) is 0 Å². The number of hydrogen-bond donors (Lipinski definition) is 2. The average Bonchev–Trinajstić information content (AvgIpc) is 2.87. The van der Waals surface area contributed by atoms with Crippen LogP contribution < -0.4 is 5.32 Å². The first kappa shape index (κ1) is 18.6. The average molecular weight is 388 g/mol. The first-order valence-electron chi connectivity index (χ1n) is 7.99. The van der Waals surface area contributed by atoms with E-state index in [1.807, 2.05) is 0 Å². The van der Waals surface area contributed by atoms with E-state index in [0.717, 1.165) is 4.90 Å². The fourth-order valence-corrected chi connectivity index (χ4v) is 3.58. The van der Waals surface area contributed by atoms with E-state index in [0.29, 0.717) is 0 Å². The maximum Gasteiger partial charge on any atom is 0.261 e. The predicted molar refractivity (Wildman–Crippen MR) is 96.7 cm³/mol. The van der Waals surface area contributed by atoms with Crippen molar-refractivity contribution in [3.05, 3.63) is 53.1 Å². The molecule has 8 nitrogen and oxygen atoms in total. The maximum absolute atomic E-state index is 12.5. The molecule has 0 bridgehead atoms. The lowest BCUT2D eigenvalue weighted by Gasteiger charge is -2.10. The van der Waals surface area contributed by atoms with Gasteiger partial charge in [0, 0.05) is 12.6 Å². The van der Waals surface area contributed by atoms with Gasteiger partial charge in [0.1, 0.15) is 5.75 Å². The number of fused-ring (bicyclic) bond motifs is 1. The summed E-state index contributed by atoms with van der Waals surface area (Å²) in [7, 11) is -2.17. The van der Waals surface area contributed by atoms with Crippen molar-refractivity contribution in [3.8, 4) is 5.75 Å². The molecule has 3 amide bonds. The number of benzene rings is 2. The highest BCUT2D eigenvalue weighted by Crippen LogP contribution is 2.28. The lowest BCUT2D eigenvalue weighted by Crippen LogP contribution is -2.24. The molecule has 0 atom stereocenters. The molecule has 0 saturated carbocycles. The number of phenols is 1. The number of amides is 3. The molecule has 0 fully saturated rings. The highest BCUT2D eigenvalue weighted by atomic mass is 32.2. The molecule has 0 aliphatic carbocycles. The van der Waals surface area contributed by atoms with Crippen LogP contribution in [-0.2, 0) is 9.84 Å². The Morgan fingerprint density at radius 2 is 1.74 bits per heavy atom. The van der Waals surface area contributed by atoms with Crippen LogP contribution in [0.1, 0.15) is 38.0 Å². The van der Waals surface area contributed by atoms with E-state index in [2.05, 4.69) is 5.32 Å². The van der Waals surface area contributed by atoms with Gasteiger partial charge in [0.05, 0.1) is 27.5 Å². The number of nitrogens with one attached hydrogen (secondary N) is 1. The summed E-state index contributed by atoms with van der Waals surface area (Å²) in [6.45, 7) is 1.49. The number of sulfone groups is 1. The van der Waals surface area contributed by atoms with Gasteiger partial charge in [-0.2, -0.15) is 0 Å². The zero-order valence-corrected chi connectivity index (χ0v) is 15.3. The predicted octanol–water partition coefficient (Wildman–Crippen LogP) is 1.66. The van der Waals surface area contributed by atoms with Crippen LogP contribution in [0.2, 0.25) is 0 Å². The van der Waals surface area contributed by atoms with Gasteiger partial charge in [0.2, 0.25) is 0 Å². The van der Waals surface area contributed by atoms with E-state index in [1.54, 1.807) is 0 Å². The SMILES string of the molecule is CCS(=O)(=O)c1ccc(O)c(NC(=O)c2ccc3c(c2)C(=O)N(C)C3=O)c1. The fraction of sp³-hybridized carbons (Fsp3) is 0.167. The van der Waals surface area contributed by atoms with Gasteiger partial charge in [0.25, 0.3) is 17.7 Å². The van der Waals surface area contributed by atoms with Crippen molar-refractivity contribution < 1.29 is 27.9 Å². The molecular formula is C18H16N2O6S. The largest absolute Gasteiger partial charge is 0.506 e. The Kier molecular flexibility index (Phi) is 4.48. The van der Waals surface area contributed by atoms with Crippen molar-refractivity contribution in [2.75, 3.05) is 18.1 Å². The van der Waals surface area contributed by atoms with Crippen molar-refractivity contribution >= 4 is 33.2 Å². The molecule has 0 aromatic heterocycles. The van der Waals surface area contributed by atoms with Crippen LogP contribution in [0.4, 0.5) is 5.69 Å². The number of anilines is 1. The number of aromatic hydroxyl groups is 1. The highest BCUT2D eigenvalue weighted by molar-refractivity contribution is 7.91. The molecule has 0 unspecified atom stereocenters. The number of rotatable bonds is 4. The Labute approximate surface area is 155 Å². The van der Waals surface area contributed by atoms with Crippen LogP contribution in [0.5, 0.6) is 5.75 Å². The molecule has 2 aromatic rings. The van der Waals surface area contributed by atoms with E-state index < -0.39 is 27.6 Å². The van der Waals surface area contributed by atoms with Crippen LogP contribution in [0.25, 0.3) is 0 Å². The first-order chi connectivity index (χ1) is 12.7. The van der Waals surface area contributed by atoms with Crippen LogP contribution in [-0.4, -0.2) is 48.9 Å². The summed E-state index contributed by atoms with van der Waals surface area (Å²) >= 11 is 0. The van der Waals surface area contributed by atoms with E-state index >= 15 is 0 Å². The highest BCUT2D eigenvalue weighted by Gasteiger charge is 2.33. The quantitative estimate of drug-likeness (QED) is 0.607. The summed E-state index contributed by atoms with van der Waals surface area (Å²) in [4.78, 5) is 37.4. The van der Waals surface area contributed by atoms with Crippen molar-refractivity contribution in [1.29, 1.82) is 0 Å². The zero-order valence-electron chi connectivity index (χ0n) is 14.5. The van der Waals surface area contributed by atoms with E-state index in [9.17, 15) is 27.9 Å². The van der Waals surface area contributed by atoms with Crippen LogP contribution in [0.3, 0.4) is 0 Å². The fourth-order valence-electron chi connectivity index (χ4n) is 2.67. The monoisotopic (exact) mass is 388 g/mol. The van der Waals surface area contributed by atoms with Gasteiger partial charge in [-0.25, -0.2) is 8.42 Å². The minimum atomic E-state index is -3.52. The smallest absolute Gasteiger partial charge is 0.261 e. The number of imide groups is 1. The molecule has 1 aliphatic heterocycles.